The minimum atomic E-state index is -0.591. The molecule has 1 heterocycles. The molecule has 85 valence electrons. The lowest BCUT2D eigenvalue weighted by Gasteiger charge is -2.35. The zero-order valence-corrected chi connectivity index (χ0v) is 11.3. The normalized spacial score (nSPS) is 14.4. The average Bonchev–Trinajstić information content (AvgIpc) is 2.40. The van der Waals surface area contributed by atoms with Gasteiger partial charge in [-0.15, -0.1) is 0 Å². The molecule has 1 nitrogen and oxygen atoms in total. The van der Waals surface area contributed by atoms with Gasteiger partial charge in [0.05, 0.1) is 0 Å². The molecule has 1 aliphatic rings. The van der Waals surface area contributed by atoms with Crippen LogP contribution in [0.25, 0.3) is 0 Å². The highest BCUT2D eigenvalue weighted by atomic mass is 28.3. The van der Waals surface area contributed by atoms with Gasteiger partial charge >= 0.3 is 0 Å². The smallest absolute Gasteiger partial charge is 0.123 e. The lowest BCUT2D eigenvalue weighted by atomic mass is 10.2. The van der Waals surface area contributed by atoms with E-state index in [0.29, 0.717) is 0 Å². The Morgan fingerprint density at radius 2 is 1.35 bits per heavy atom. The molecule has 0 saturated carbocycles. The second kappa shape index (κ2) is 4.04. The number of benzene rings is 2. The van der Waals surface area contributed by atoms with Crippen LogP contribution in [0.5, 0.6) is 0 Å². The molecular weight excluding hydrogens is 222 g/mol. The highest BCUT2D eigenvalue weighted by Crippen LogP contribution is 2.26. The number of hydrogen-bond acceptors (Lipinski definition) is 1. The fraction of sp³-hybridized carbons (Fsp3) is 0.200. The first-order valence-electron chi connectivity index (χ1n) is 6.13. The second-order valence-electron chi connectivity index (χ2n) is 4.40. The third-order valence-corrected chi connectivity index (χ3v) is 5.98. The zero-order chi connectivity index (χ0) is 11.8. The lowest BCUT2D eigenvalue weighted by molar-refractivity contribution is 1.03. The van der Waals surface area contributed by atoms with E-state index < -0.39 is 8.80 Å². The Labute approximate surface area is 104 Å². The van der Waals surface area contributed by atoms with Gasteiger partial charge in [-0.3, -0.25) is 0 Å². The van der Waals surface area contributed by atoms with Gasteiger partial charge in [-0.1, -0.05) is 42.9 Å². The van der Waals surface area contributed by atoms with Crippen LogP contribution in [0, 0.1) is 0 Å². The van der Waals surface area contributed by atoms with Gasteiger partial charge < -0.3 is 4.90 Å². The molecule has 2 heteroatoms. The summed E-state index contributed by atoms with van der Waals surface area (Å²) < 4.78 is 0. The first-order chi connectivity index (χ1) is 8.33. The first kappa shape index (κ1) is 10.6. The molecule has 0 aliphatic carbocycles. The van der Waals surface area contributed by atoms with E-state index in [0.717, 1.165) is 6.54 Å². The fourth-order valence-electron chi connectivity index (χ4n) is 2.67. The maximum Gasteiger partial charge on any atom is 0.123 e. The van der Waals surface area contributed by atoms with Crippen LogP contribution in [-0.2, 0) is 0 Å². The largest absolute Gasteiger partial charge is 0.342 e. The highest BCUT2D eigenvalue weighted by Gasteiger charge is 2.27. The van der Waals surface area contributed by atoms with Crippen molar-refractivity contribution in [1.82, 2.24) is 0 Å². The summed E-state index contributed by atoms with van der Waals surface area (Å²) in [4.78, 5) is 2.43. The summed E-state index contributed by atoms with van der Waals surface area (Å²) in [6, 6.07) is 17.7. The third-order valence-electron chi connectivity index (χ3n) is 3.51. The van der Waals surface area contributed by atoms with Crippen molar-refractivity contribution >= 4 is 30.5 Å². The van der Waals surface area contributed by atoms with E-state index in [1.165, 1.54) is 21.7 Å². The van der Waals surface area contributed by atoms with Crippen LogP contribution in [0.1, 0.15) is 6.92 Å². The molecular formula is C15H16NSi. The van der Waals surface area contributed by atoms with Crippen molar-refractivity contribution in [2.75, 3.05) is 11.4 Å². The van der Waals surface area contributed by atoms with Crippen LogP contribution in [0.4, 0.5) is 11.4 Å². The molecule has 0 unspecified atom stereocenters. The molecule has 1 radical (unpaired) electrons. The molecule has 1 aliphatic heterocycles. The van der Waals surface area contributed by atoms with E-state index in [1.54, 1.807) is 0 Å². The molecule has 0 fully saturated rings. The summed E-state index contributed by atoms with van der Waals surface area (Å²) in [5.74, 6) is 0. The third kappa shape index (κ3) is 1.52. The predicted molar refractivity (Wildman–Crippen MR) is 76.5 cm³/mol. The van der Waals surface area contributed by atoms with E-state index in [-0.39, 0.29) is 0 Å². The van der Waals surface area contributed by atoms with E-state index in [9.17, 15) is 0 Å². The van der Waals surface area contributed by atoms with Gasteiger partial charge in [0.25, 0.3) is 0 Å². The summed E-state index contributed by atoms with van der Waals surface area (Å²) in [6.07, 6.45) is 0. The van der Waals surface area contributed by atoms with Crippen molar-refractivity contribution in [1.29, 1.82) is 0 Å². The van der Waals surface area contributed by atoms with Gasteiger partial charge in [0.2, 0.25) is 0 Å². The van der Waals surface area contributed by atoms with E-state index >= 15 is 0 Å². The number of para-hydroxylation sites is 2. The van der Waals surface area contributed by atoms with Crippen LogP contribution in [0.2, 0.25) is 6.55 Å². The average molecular weight is 238 g/mol. The van der Waals surface area contributed by atoms with Crippen molar-refractivity contribution in [2.45, 2.75) is 13.5 Å². The lowest BCUT2D eigenvalue weighted by Crippen LogP contribution is -2.49. The van der Waals surface area contributed by atoms with Crippen molar-refractivity contribution in [2.24, 2.45) is 0 Å². The molecule has 0 aromatic heterocycles. The molecule has 2 aromatic carbocycles. The Balaban J connectivity index is 2.25. The van der Waals surface area contributed by atoms with E-state index in [2.05, 4.69) is 66.9 Å². The van der Waals surface area contributed by atoms with Crippen LogP contribution in [-0.4, -0.2) is 15.3 Å². The minimum Gasteiger partial charge on any atom is -0.342 e. The number of fused-ring (bicyclic) bond motifs is 2. The zero-order valence-electron chi connectivity index (χ0n) is 10.3. The Morgan fingerprint density at radius 1 is 0.882 bits per heavy atom. The summed E-state index contributed by atoms with van der Waals surface area (Å²) in [6.45, 7) is 5.65. The molecule has 0 saturated heterocycles. The summed E-state index contributed by atoms with van der Waals surface area (Å²) in [5, 5.41) is 3.08. The SMILES string of the molecule is CCN1c2ccccc2[Si](C)c2ccccc21. The van der Waals surface area contributed by atoms with Crippen molar-refractivity contribution in [3.05, 3.63) is 48.5 Å². The van der Waals surface area contributed by atoms with Crippen molar-refractivity contribution in [3.63, 3.8) is 0 Å². The van der Waals surface area contributed by atoms with Gasteiger partial charge in [-0.25, -0.2) is 0 Å². The maximum atomic E-state index is 2.43. The summed E-state index contributed by atoms with van der Waals surface area (Å²) >= 11 is 0. The summed E-state index contributed by atoms with van der Waals surface area (Å²) in [5.41, 5.74) is 2.81. The quantitative estimate of drug-likeness (QED) is 0.690. The van der Waals surface area contributed by atoms with Crippen LogP contribution >= 0.6 is 0 Å². The van der Waals surface area contributed by atoms with E-state index in [1.807, 2.05) is 0 Å². The number of rotatable bonds is 1. The molecule has 0 bridgehead atoms. The number of nitrogens with zero attached hydrogens (tertiary/aromatic N) is 1. The maximum absolute atomic E-state index is 2.43. The predicted octanol–water partition coefficient (Wildman–Crippen LogP) is 2.40. The Morgan fingerprint density at radius 3 is 1.82 bits per heavy atom. The van der Waals surface area contributed by atoms with Gasteiger partial charge in [-0.2, -0.15) is 0 Å². The summed E-state index contributed by atoms with van der Waals surface area (Å²) in [7, 11) is -0.591. The number of hydrogen-bond donors (Lipinski definition) is 0. The highest BCUT2D eigenvalue weighted by molar-refractivity contribution is 6.87. The first-order valence-corrected chi connectivity index (χ1v) is 8.13. The molecule has 2 aromatic rings. The molecule has 0 amide bonds. The molecule has 3 rings (SSSR count). The van der Waals surface area contributed by atoms with Crippen LogP contribution < -0.4 is 15.3 Å². The van der Waals surface area contributed by atoms with E-state index in [4.69, 9.17) is 0 Å². The van der Waals surface area contributed by atoms with Crippen molar-refractivity contribution in [3.8, 4) is 0 Å². The topological polar surface area (TPSA) is 3.24 Å². The second-order valence-corrected chi connectivity index (χ2v) is 6.73. The molecule has 0 N–H and O–H groups in total. The standard InChI is InChI=1S/C15H16NSi/c1-3-16-12-8-4-6-10-14(12)17(2)15-11-7-5-9-13(15)16/h4-11H,3H2,1-2H3. The number of anilines is 2. The molecule has 0 spiro atoms. The molecule has 17 heavy (non-hydrogen) atoms. The van der Waals surface area contributed by atoms with Crippen LogP contribution in [0.15, 0.2) is 48.5 Å². The Bertz CT molecular complexity index is 503. The monoisotopic (exact) mass is 238 g/mol. The Kier molecular flexibility index (Phi) is 2.52. The van der Waals surface area contributed by atoms with Gasteiger partial charge in [-0.05, 0) is 29.4 Å². The van der Waals surface area contributed by atoms with Gasteiger partial charge in [0.15, 0.2) is 0 Å². The van der Waals surface area contributed by atoms with Crippen molar-refractivity contribution < 1.29 is 0 Å². The fourth-order valence-corrected chi connectivity index (χ4v) is 4.86. The van der Waals surface area contributed by atoms with Gasteiger partial charge in [0.1, 0.15) is 8.80 Å². The minimum absolute atomic E-state index is 0.591. The Hall–Kier alpha value is -1.54. The van der Waals surface area contributed by atoms with Crippen LogP contribution in [0.3, 0.4) is 0 Å². The molecule has 0 atom stereocenters. The van der Waals surface area contributed by atoms with Gasteiger partial charge in [0, 0.05) is 17.9 Å².